The van der Waals surface area contributed by atoms with Crippen LogP contribution in [-0.2, 0) is 28.5 Å². The molecule has 298 valence electrons. The highest BCUT2D eigenvalue weighted by atomic mass is 16.6. The van der Waals surface area contributed by atoms with Crippen molar-refractivity contribution >= 4 is 24.0 Å². The predicted molar refractivity (Wildman–Crippen MR) is 206 cm³/mol. The van der Waals surface area contributed by atoms with Gasteiger partial charge in [-0.15, -0.1) is 0 Å². The van der Waals surface area contributed by atoms with Crippen molar-refractivity contribution in [2.24, 2.45) is 5.73 Å². The zero-order valence-electron chi connectivity index (χ0n) is 32.4. The summed E-state index contributed by atoms with van der Waals surface area (Å²) in [5.41, 5.74) is 9.33. The van der Waals surface area contributed by atoms with Crippen LogP contribution in [0.5, 0.6) is 0 Å². The van der Waals surface area contributed by atoms with Gasteiger partial charge in [0.1, 0.15) is 23.8 Å². The number of amides is 4. The Morgan fingerprint density at radius 3 is 1.82 bits per heavy atom. The molecule has 5 atom stereocenters. The second-order valence-corrected chi connectivity index (χ2v) is 14.2. The first-order chi connectivity index (χ1) is 27.0. The maximum absolute atomic E-state index is 13.7. The van der Waals surface area contributed by atoms with E-state index in [1.165, 1.54) is 21.1 Å². The quantitative estimate of drug-likeness (QED) is 0.133. The minimum Gasteiger partial charge on any atom is -0.453 e. The maximum atomic E-state index is 13.7. The number of benzene rings is 2. The van der Waals surface area contributed by atoms with Gasteiger partial charge in [0.15, 0.2) is 0 Å². The number of imidazole rings is 2. The molecule has 16 heteroatoms. The summed E-state index contributed by atoms with van der Waals surface area (Å²) in [6.07, 6.45) is 4.47. The Labute approximate surface area is 325 Å². The minimum absolute atomic E-state index is 0.196. The molecule has 4 heterocycles. The summed E-state index contributed by atoms with van der Waals surface area (Å²) in [4.78, 5) is 70.5. The molecule has 4 aromatic rings. The van der Waals surface area contributed by atoms with Gasteiger partial charge in [0, 0.05) is 40.3 Å². The summed E-state index contributed by atoms with van der Waals surface area (Å²) in [6, 6.07) is 15.0. The summed E-state index contributed by atoms with van der Waals surface area (Å²) in [5.74, 6) is 0.756. The van der Waals surface area contributed by atoms with E-state index in [2.05, 4.69) is 37.4 Å². The Bertz CT molecular complexity index is 2000. The molecule has 0 aliphatic carbocycles. The van der Waals surface area contributed by atoms with Crippen molar-refractivity contribution in [2.45, 2.75) is 75.8 Å². The summed E-state index contributed by atoms with van der Waals surface area (Å²) in [6.45, 7) is 4.54. The SMILES string of the molecule is COCC[C@H](NC(=O)OC)C(=O)N1CCC[C@H]1c1ncc(-c2ccc(-c3ccc(-c4cnc([C@@H]5CCCN5C(=O)[C@@](C)(OC(N)=O)[C@@H](C)OC)[nH]4)cc3)cc2)[nH]1. The molecule has 2 aliphatic heterocycles. The van der Waals surface area contributed by atoms with Gasteiger partial charge < -0.3 is 49.8 Å². The number of nitrogens with two attached hydrogens (primary N) is 1. The van der Waals surface area contributed by atoms with Gasteiger partial charge in [0.2, 0.25) is 11.5 Å². The molecule has 0 saturated carbocycles. The fourth-order valence-corrected chi connectivity index (χ4v) is 7.51. The van der Waals surface area contributed by atoms with Crippen LogP contribution in [0.1, 0.15) is 69.7 Å². The molecule has 0 radical (unpaired) electrons. The van der Waals surface area contributed by atoms with E-state index in [1.807, 2.05) is 36.4 Å². The number of carbonyl (C=O) groups is 4. The van der Waals surface area contributed by atoms with E-state index >= 15 is 0 Å². The highest BCUT2D eigenvalue weighted by Gasteiger charge is 2.49. The van der Waals surface area contributed by atoms with Gasteiger partial charge in [0.05, 0.1) is 43.0 Å². The number of nitrogens with one attached hydrogen (secondary N) is 3. The summed E-state index contributed by atoms with van der Waals surface area (Å²) < 4.78 is 20.6. The van der Waals surface area contributed by atoms with Gasteiger partial charge in [-0.1, -0.05) is 48.5 Å². The van der Waals surface area contributed by atoms with E-state index in [0.717, 1.165) is 52.9 Å². The first kappa shape index (κ1) is 39.9. The highest BCUT2D eigenvalue weighted by molar-refractivity contribution is 5.88. The number of H-pyrrole nitrogens is 2. The lowest BCUT2D eigenvalue weighted by atomic mass is 9.97. The number of aromatic nitrogens is 4. The topological polar surface area (TPSA) is 207 Å². The number of ether oxygens (including phenoxy) is 4. The smallest absolute Gasteiger partial charge is 0.407 e. The number of hydrogen-bond donors (Lipinski definition) is 4. The largest absolute Gasteiger partial charge is 0.453 e. The molecule has 16 nitrogen and oxygen atoms in total. The average Bonchev–Trinajstić information content (AvgIpc) is 4.05. The lowest BCUT2D eigenvalue weighted by Crippen LogP contribution is -2.56. The molecule has 0 bridgehead atoms. The molecular weight excluding hydrogens is 720 g/mol. The Balaban J connectivity index is 1.11. The van der Waals surface area contributed by atoms with Crippen LogP contribution in [0.3, 0.4) is 0 Å². The van der Waals surface area contributed by atoms with Crippen LogP contribution >= 0.6 is 0 Å². The number of primary amides is 1. The van der Waals surface area contributed by atoms with E-state index in [4.69, 9.17) is 24.7 Å². The van der Waals surface area contributed by atoms with Crippen molar-refractivity contribution in [1.29, 1.82) is 0 Å². The average molecular weight is 771 g/mol. The molecule has 2 aromatic carbocycles. The number of likely N-dealkylation sites (tertiary alicyclic amines) is 2. The fourth-order valence-electron chi connectivity index (χ4n) is 7.51. The van der Waals surface area contributed by atoms with Crippen molar-refractivity contribution in [3.05, 3.63) is 72.6 Å². The fraction of sp³-hybridized carbons (Fsp3) is 0.450. The molecule has 2 aliphatic rings. The summed E-state index contributed by atoms with van der Waals surface area (Å²) in [7, 11) is 4.27. The molecular formula is C40H50N8O8. The van der Waals surface area contributed by atoms with E-state index in [-0.39, 0.29) is 23.9 Å². The van der Waals surface area contributed by atoms with Gasteiger partial charge in [-0.3, -0.25) is 9.59 Å². The van der Waals surface area contributed by atoms with Crippen LogP contribution in [0.25, 0.3) is 33.6 Å². The molecule has 4 amide bonds. The number of methoxy groups -OCH3 is 3. The van der Waals surface area contributed by atoms with Crippen molar-refractivity contribution in [2.75, 3.05) is 41.0 Å². The second-order valence-electron chi connectivity index (χ2n) is 14.2. The van der Waals surface area contributed by atoms with E-state index in [0.29, 0.717) is 44.2 Å². The molecule has 0 unspecified atom stereocenters. The van der Waals surface area contributed by atoms with Gasteiger partial charge in [0.25, 0.3) is 5.91 Å². The standard InChI is InChI=1S/C40H50N8O8/c1-24(54-4)40(2,56-38(41)51)37(50)48-20-7-9-33(48)35-43-23-31(45-35)28-16-12-26(13-17-28)25-10-14-27(15-11-25)30-22-42-34(44-30)32-8-6-19-47(32)36(49)29(18-21-53-3)46-39(52)55-5/h10-17,22-24,29,32-33H,6-9,18-21H2,1-5H3,(H2,41,51)(H,42,44)(H,43,45)(H,46,52)/t24-,29+,32+,33+,40+/m1/s1. The van der Waals surface area contributed by atoms with Gasteiger partial charge in [-0.25, -0.2) is 19.6 Å². The van der Waals surface area contributed by atoms with Crippen molar-refractivity contribution < 1.29 is 38.1 Å². The third kappa shape index (κ3) is 8.40. The summed E-state index contributed by atoms with van der Waals surface area (Å²) in [5, 5.41) is 2.64. The third-order valence-electron chi connectivity index (χ3n) is 10.8. The molecule has 0 spiro atoms. The van der Waals surface area contributed by atoms with Gasteiger partial charge in [-0.05, 0) is 61.8 Å². The molecule has 2 aromatic heterocycles. The third-order valence-corrected chi connectivity index (χ3v) is 10.8. The minimum atomic E-state index is -1.59. The van der Waals surface area contributed by atoms with Gasteiger partial charge >= 0.3 is 12.2 Å². The number of hydrogen-bond acceptors (Lipinski definition) is 10. The number of aromatic amines is 2. The number of alkyl carbamates (subject to hydrolysis) is 1. The number of rotatable bonds is 14. The monoisotopic (exact) mass is 770 g/mol. The van der Waals surface area contributed by atoms with E-state index < -0.39 is 29.9 Å². The van der Waals surface area contributed by atoms with Crippen LogP contribution in [0, 0.1) is 0 Å². The molecule has 6 rings (SSSR count). The van der Waals surface area contributed by atoms with Crippen molar-refractivity contribution in [1.82, 2.24) is 35.1 Å². The summed E-state index contributed by atoms with van der Waals surface area (Å²) >= 11 is 0. The van der Waals surface area contributed by atoms with Crippen molar-refractivity contribution in [3.8, 4) is 33.6 Å². The Hall–Kier alpha value is -5.74. The number of nitrogens with zero attached hydrogens (tertiary/aromatic N) is 4. The van der Waals surface area contributed by atoms with Crippen LogP contribution in [0.4, 0.5) is 9.59 Å². The molecule has 2 fully saturated rings. The lowest BCUT2D eigenvalue weighted by Gasteiger charge is -2.37. The zero-order valence-corrected chi connectivity index (χ0v) is 32.4. The zero-order chi connectivity index (χ0) is 40.0. The molecule has 5 N–H and O–H groups in total. The van der Waals surface area contributed by atoms with Crippen LogP contribution in [-0.4, -0.2) is 113 Å². The van der Waals surface area contributed by atoms with E-state index in [1.54, 1.807) is 36.2 Å². The Kier molecular flexibility index (Phi) is 12.4. The Morgan fingerprint density at radius 1 is 0.839 bits per heavy atom. The van der Waals surface area contributed by atoms with Crippen LogP contribution in [0.15, 0.2) is 60.9 Å². The van der Waals surface area contributed by atoms with Crippen LogP contribution < -0.4 is 11.1 Å². The molecule has 56 heavy (non-hydrogen) atoms. The highest BCUT2D eigenvalue weighted by Crippen LogP contribution is 2.36. The second kappa shape index (κ2) is 17.4. The molecule has 2 saturated heterocycles. The predicted octanol–water partition coefficient (Wildman–Crippen LogP) is 5.11. The lowest BCUT2D eigenvalue weighted by molar-refractivity contribution is -0.163. The first-order valence-electron chi connectivity index (χ1n) is 18.7. The maximum Gasteiger partial charge on any atom is 0.407 e. The van der Waals surface area contributed by atoms with E-state index in [9.17, 15) is 19.2 Å². The first-order valence-corrected chi connectivity index (χ1v) is 18.7. The Morgan fingerprint density at radius 2 is 1.34 bits per heavy atom. The number of carbonyl (C=O) groups excluding carboxylic acids is 4. The van der Waals surface area contributed by atoms with Crippen molar-refractivity contribution in [3.63, 3.8) is 0 Å². The van der Waals surface area contributed by atoms with Gasteiger partial charge in [-0.2, -0.15) is 0 Å². The van der Waals surface area contributed by atoms with Crippen LogP contribution in [0.2, 0.25) is 0 Å². The normalized spacial score (nSPS) is 18.9.